The molecule has 1 unspecified atom stereocenters. The summed E-state index contributed by atoms with van der Waals surface area (Å²) in [6.07, 6.45) is -0.262. The van der Waals surface area contributed by atoms with Crippen LogP contribution in [0.2, 0.25) is 0 Å². The minimum Gasteiger partial charge on any atom is -0.497 e. The highest BCUT2D eigenvalue weighted by atomic mass is 16.6. The zero-order valence-corrected chi connectivity index (χ0v) is 18.2. The third-order valence-corrected chi connectivity index (χ3v) is 5.36. The van der Waals surface area contributed by atoms with Gasteiger partial charge in [0.2, 0.25) is 0 Å². The van der Waals surface area contributed by atoms with Crippen molar-refractivity contribution >= 4 is 22.6 Å². The van der Waals surface area contributed by atoms with Gasteiger partial charge in [0.05, 0.1) is 46.1 Å². The van der Waals surface area contributed by atoms with E-state index in [0.717, 1.165) is 16.5 Å². The number of carbonyl (C=O) groups is 1. The van der Waals surface area contributed by atoms with Crippen LogP contribution in [0.4, 0.5) is 10.5 Å². The monoisotopic (exact) mass is 437 g/mol. The molecule has 8 nitrogen and oxygen atoms in total. The van der Waals surface area contributed by atoms with Gasteiger partial charge in [-0.15, -0.1) is 0 Å². The minimum atomic E-state index is -0.337. The van der Waals surface area contributed by atoms with Gasteiger partial charge in [0, 0.05) is 22.8 Å². The summed E-state index contributed by atoms with van der Waals surface area (Å²) < 4.78 is 16.5. The van der Waals surface area contributed by atoms with E-state index in [1.165, 1.54) is 0 Å². The van der Waals surface area contributed by atoms with Crippen molar-refractivity contribution in [1.29, 1.82) is 0 Å². The number of aromatic nitrogens is 1. The van der Waals surface area contributed by atoms with E-state index in [9.17, 15) is 9.59 Å². The van der Waals surface area contributed by atoms with Crippen LogP contribution in [-0.4, -0.2) is 55.5 Å². The largest absolute Gasteiger partial charge is 0.497 e. The molecule has 2 aromatic carbocycles. The van der Waals surface area contributed by atoms with Crippen molar-refractivity contribution in [2.75, 3.05) is 38.8 Å². The van der Waals surface area contributed by atoms with E-state index in [0.29, 0.717) is 43.4 Å². The molecule has 2 heterocycles. The summed E-state index contributed by atoms with van der Waals surface area (Å²) in [5.74, 6) is 0.639. The van der Waals surface area contributed by atoms with Gasteiger partial charge in [-0.1, -0.05) is 17.7 Å². The number of hydrogen-bond acceptors (Lipinski definition) is 5. The Morgan fingerprint density at radius 1 is 1.22 bits per heavy atom. The predicted octanol–water partition coefficient (Wildman–Crippen LogP) is 3.29. The molecule has 0 radical (unpaired) electrons. The van der Waals surface area contributed by atoms with Crippen LogP contribution in [0.1, 0.15) is 11.1 Å². The molecule has 1 aromatic heterocycles. The molecule has 1 aliphatic heterocycles. The average Bonchev–Trinajstić information content (AvgIpc) is 2.80. The smallest absolute Gasteiger partial charge is 0.322 e. The number of benzene rings is 2. The number of amides is 2. The van der Waals surface area contributed by atoms with Gasteiger partial charge in [-0.05, 0) is 42.6 Å². The van der Waals surface area contributed by atoms with Gasteiger partial charge >= 0.3 is 6.03 Å². The van der Waals surface area contributed by atoms with Crippen LogP contribution in [0.15, 0.2) is 53.3 Å². The highest BCUT2D eigenvalue weighted by Crippen LogP contribution is 2.19. The van der Waals surface area contributed by atoms with Gasteiger partial charge in [0.25, 0.3) is 5.56 Å². The van der Waals surface area contributed by atoms with Crippen molar-refractivity contribution in [2.24, 2.45) is 0 Å². The maximum atomic E-state index is 13.2. The molecule has 4 rings (SSSR count). The predicted molar refractivity (Wildman–Crippen MR) is 122 cm³/mol. The lowest BCUT2D eigenvalue weighted by Gasteiger charge is -2.30. The Morgan fingerprint density at radius 3 is 2.88 bits per heavy atom. The zero-order chi connectivity index (χ0) is 22.5. The molecule has 0 aliphatic carbocycles. The van der Waals surface area contributed by atoms with Gasteiger partial charge in [0.15, 0.2) is 0 Å². The summed E-state index contributed by atoms with van der Waals surface area (Å²) >= 11 is 0. The molecule has 8 heteroatoms. The Morgan fingerprint density at radius 2 is 2.09 bits per heavy atom. The minimum absolute atomic E-state index is 0.134. The molecule has 2 amide bonds. The molecule has 2 N–H and O–H groups in total. The van der Waals surface area contributed by atoms with Crippen LogP contribution in [0.25, 0.3) is 10.9 Å². The lowest BCUT2D eigenvalue weighted by atomic mass is 10.1. The molecule has 1 aliphatic rings. The second-order valence-electron chi connectivity index (χ2n) is 7.82. The molecule has 1 fully saturated rings. The maximum Gasteiger partial charge on any atom is 0.322 e. The Kier molecular flexibility index (Phi) is 6.72. The Hall–Kier alpha value is -3.36. The molecule has 1 saturated heterocycles. The fourth-order valence-corrected chi connectivity index (χ4v) is 3.70. The highest BCUT2D eigenvalue weighted by molar-refractivity contribution is 5.89. The highest BCUT2D eigenvalue weighted by Gasteiger charge is 2.23. The summed E-state index contributed by atoms with van der Waals surface area (Å²) in [6.45, 7) is 3.84. The third-order valence-electron chi connectivity index (χ3n) is 5.36. The standard InChI is InChI=1S/C24H27N3O5/c1-16-6-7-22-17(10-16)11-18(23(28)26-22)13-27(14-21-15-31-8-9-32-21)24(29)25-19-4-3-5-20(12-19)30-2/h3-7,10-12,21H,8-9,13-15H2,1-2H3,(H,25,29)(H,26,28). The number of aryl methyl sites for hydroxylation is 1. The molecule has 32 heavy (non-hydrogen) atoms. The van der Waals surface area contributed by atoms with E-state index in [1.54, 1.807) is 36.3 Å². The maximum absolute atomic E-state index is 13.2. The molecule has 168 valence electrons. The summed E-state index contributed by atoms with van der Waals surface area (Å²) in [6, 6.07) is 14.5. The van der Waals surface area contributed by atoms with Crippen LogP contribution < -0.4 is 15.6 Å². The Bertz CT molecular complexity index is 1150. The second-order valence-corrected chi connectivity index (χ2v) is 7.82. The Balaban J connectivity index is 1.59. The van der Waals surface area contributed by atoms with E-state index in [1.807, 2.05) is 31.2 Å². The number of rotatable bonds is 6. The number of methoxy groups -OCH3 is 1. The van der Waals surface area contributed by atoms with Gasteiger partial charge in [-0.3, -0.25) is 4.79 Å². The third kappa shape index (κ3) is 5.27. The molecule has 1 atom stereocenters. The number of urea groups is 1. The number of nitrogens with one attached hydrogen (secondary N) is 2. The molecule has 0 bridgehead atoms. The van der Waals surface area contributed by atoms with Gasteiger partial charge in [-0.2, -0.15) is 0 Å². The quantitative estimate of drug-likeness (QED) is 0.617. The molecular weight excluding hydrogens is 410 g/mol. The summed E-state index contributed by atoms with van der Waals surface area (Å²) in [5, 5.41) is 3.81. The van der Waals surface area contributed by atoms with E-state index < -0.39 is 0 Å². The van der Waals surface area contributed by atoms with Crippen LogP contribution in [0, 0.1) is 6.92 Å². The van der Waals surface area contributed by atoms with E-state index in [2.05, 4.69) is 10.3 Å². The lowest BCUT2D eigenvalue weighted by Crippen LogP contribution is -2.44. The molecular formula is C24H27N3O5. The number of aromatic amines is 1. The van der Waals surface area contributed by atoms with Crippen LogP contribution in [0.5, 0.6) is 5.75 Å². The van der Waals surface area contributed by atoms with Crippen molar-refractivity contribution in [3.05, 3.63) is 70.0 Å². The number of hydrogen-bond donors (Lipinski definition) is 2. The van der Waals surface area contributed by atoms with Crippen molar-refractivity contribution < 1.29 is 19.0 Å². The van der Waals surface area contributed by atoms with E-state index in [4.69, 9.17) is 14.2 Å². The average molecular weight is 437 g/mol. The van der Waals surface area contributed by atoms with Crippen molar-refractivity contribution in [1.82, 2.24) is 9.88 Å². The zero-order valence-electron chi connectivity index (χ0n) is 18.2. The van der Waals surface area contributed by atoms with Crippen molar-refractivity contribution in [3.8, 4) is 5.75 Å². The fourth-order valence-electron chi connectivity index (χ4n) is 3.70. The van der Waals surface area contributed by atoms with Crippen molar-refractivity contribution in [2.45, 2.75) is 19.6 Å². The normalized spacial score (nSPS) is 16.0. The first-order chi connectivity index (χ1) is 15.5. The SMILES string of the molecule is COc1cccc(NC(=O)N(Cc2cc3cc(C)ccc3[nH]c2=O)CC2COCCO2)c1. The van der Waals surface area contributed by atoms with E-state index >= 15 is 0 Å². The van der Waals surface area contributed by atoms with Gasteiger partial charge < -0.3 is 29.4 Å². The van der Waals surface area contributed by atoms with Gasteiger partial charge in [-0.25, -0.2) is 4.79 Å². The first-order valence-corrected chi connectivity index (χ1v) is 10.5. The molecule has 3 aromatic rings. The molecule has 0 saturated carbocycles. The van der Waals surface area contributed by atoms with Gasteiger partial charge in [0.1, 0.15) is 5.75 Å². The number of nitrogens with zero attached hydrogens (tertiary/aromatic N) is 1. The fraction of sp³-hybridized carbons (Fsp3) is 0.333. The van der Waals surface area contributed by atoms with Crippen LogP contribution in [-0.2, 0) is 16.0 Å². The number of fused-ring (bicyclic) bond motifs is 1. The first kappa shape index (κ1) is 21.9. The number of H-pyrrole nitrogens is 1. The summed E-state index contributed by atoms with van der Waals surface area (Å²) in [7, 11) is 1.57. The Labute approximate surface area is 186 Å². The van der Waals surface area contributed by atoms with Crippen molar-refractivity contribution in [3.63, 3.8) is 0 Å². The number of ether oxygens (including phenoxy) is 3. The first-order valence-electron chi connectivity index (χ1n) is 10.5. The molecule has 0 spiro atoms. The lowest BCUT2D eigenvalue weighted by molar-refractivity contribution is -0.0943. The topological polar surface area (TPSA) is 92.9 Å². The number of carbonyl (C=O) groups excluding carboxylic acids is 1. The summed E-state index contributed by atoms with van der Waals surface area (Å²) in [4.78, 5) is 30.4. The second kappa shape index (κ2) is 9.84. The number of pyridine rings is 1. The van der Waals surface area contributed by atoms with E-state index in [-0.39, 0.29) is 24.2 Å². The van der Waals surface area contributed by atoms with Crippen LogP contribution >= 0.6 is 0 Å². The summed E-state index contributed by atoms with van der Waals surface area (Å²) in [5.41, 5.74) is 2.74. The van der Waals surface area contributed by atoms with Crippen LogP contribution in [0.3, 0.4) is 0 Å². The number of anilines is 1.